The Bertz CT molecular complexity index is 1230. The number of thiophene rings is 1. The molecule has 1 fully saturated rings. The van der Waals surface area contributed by atoms with Gasteiger partial charge < -0.3 is 14.8 Å². The number of carbonyl (C=O) groups is 2. The summed E-state index contributed by atoms with van der Waals surface area (Å²) in [4.78, 5) is 26.2. The van der Waals surface area contributed by atoms with Crippen molar-refractivity contribution in [2.45, 2.75) is 51.7 Å². The topological polar surface area (TPSA) is 64.6 Å². The maximum Gasteiger partial charge on any atom is 0.223 e. The van der Waals surface area contributed by atoms with Crippen molar-refractivity contribution < 1.29 is 19.1 Å². The van der Waals surface area contributed by atoms with Gasteiger partial charge in [0.25, 0.3) is 0 Å². The van der Waals surface area contributed by atoms with Crippen LogP contribution in [0.15, 0.2) is 42.5 Å². The van der Waals surface area contributed by atoms with Crippen molar-refractivity contribution in [3.63, 3.8) is 0 Å². The molecule has 3 aromatic rings. The molecule has 1 saturated heterocycles. The number of hydrogen-bond acceptors (Lipinski definition) is 5. The lowest BCUT2D eigenvalue weighted by molar-refractivity contribution is -0.135. The molecule has 5 nitrogen and oxygen atoms in total. The van der Waals surface area contributed by atoms with Crippen LogP contribution in [0.5, 0.6) is 5.75 Å². The number of benzene rings is 2. The lowest BCUT2D eigenvalue weighted by Gasteiger charge is -2.34. The first kappa shape index (κ1) is 22.1. The first-order valence-corrected chi connectivity index (χ1v) is 12.4. The number of carbonyl (C=O) groups excluding carboxylic acids is 2. The number of fused-ring (bicyclic) bond motifs is 3. The Balaban J connectivity index is 1.27. The SMILES string of the molecule is CC(=O)c1ccc(-c2ccc3c4c(ccc3c2)OC(CNC(=O)C2CCOC(C)(C)C2)C4)s1. The van der Waals surface area contributed by atoms with Crippen LogP contribution in [0, 0.1) is 5.92 Å². The van der Waals surface area contributed by atoms with Crippen LogP contribution >= 0.6 is 11.3 Å². The average molecular weight is 464 g/mol. The molecule has 33 heavy (non-hydrogen) atoms. The lowest BCUT2D eigenvalue weighted by atomic mass is 9.88. The Kier molecular flexibility index (Phi) is 5.75. The highest BCUT2D eigenvalue weighted by atomic mass is 32.1. The molecular formula is C27H29NO4S. The normalized spacial score (nSPS) is 21.4. The number of amides is 1. The van der Waals surface area contributed by atoms with Gasteiger partial charge in [-0.05, 0) is 74.2 Å². The Morgan fingerprint density at radius 2 is 2.00 bits per heavy atom. The quantitative estimate of drug-likeness (QED) is 0.515. The van der Waals surface area contributed by atoms with Crippen molar-refractivity contribution in [2.24, 2.45) is 5.92 Å². The summed E-state index contributed by atoms with van der Waals surface area (Å²) < 4.78 is 11.9. The Labute approximate surface area is 198 Å². The van der Waals surface area contributed by atoms with E-state index in [0.717, 1.165) is 45.7 Å². The predicted octanol–water partition coefficient (Wildman–Crippen LogP) is 5.40. The Hall–Kier alpha value is -2.70. The Morgan fingerprint density at radius 1 is 1.15 bits per heavy atom. The molecule has 5 rings (SSSR count). The highest BCUT2D eigenvalue weighted by Crippen LogP contribution is 2.38. The second-order valence-electron chi connectivity index (χ2n) is 9.69. The molecule has 1 aromatic heterocycles. The van der Waals surface area contributed by atoms with E-state index in [9.17, 15) is 9.59 Å². The van der Waals surface area contributed by atoms with E-state index in [0.29, 0.717) is 13.2 Å². The summed E-state index contributed by atoms with van der Waals surface area (Å²) in [5.41, 5.74) is 2.07. The first-order valence-electron chi connectivity index (χ1n) is 11.5. The van der Waals surface area contributed by atoms with Crippen LogP contribution in [0.4, 0.5) is 0 Å². The minimum atomic E-state index is -0.241. The van der Waals surface area contributed by atoms with Crippen LogP contribution in [0.3, 0.4) is 0 Å². The molecule has 1 N–H and O–H groups in total. The molecule has 2 aromatic carbocycles. The number of rotatable bonds is 5. The summed E-state index contributed by atoms with van der Waals surface area (Å²) in [6.07, 6.45) is 2.23. The first-order chi connectivity index (χ1) is 15.8. The van der Waals surface area contributed by atoms with Crippen molar-refractivity contribution in [3.05, 3.63) is 52.9 Å². The largest absolute Gasteiger partial charge is 0.488 e. The van der Waals surface area contributed by atoms with Crippen LogP contribution < -0.4 is 10.1 Å². The monoisotopic (exact) mass is 463 g/mol. The van der Waals surface area contributed by atoms with E-state index in [4.69, 9.17) is 9.47 Å². The summed E-state index contributed by atoms with van der Waals surface area (Å²) in [6, 6.07) is 14.4. The van der Waals surface area contributed by atoms with E-state index in [1.807, 2.05) is 32.0 Å². The minimum Gasteiger partial charge on any atom is -0.488 e. The van der Waals surface area contributed by atoms with Crippen molar-refractivity contribution >= 4 is 33.8 Å². The van der Waals surface area contributed by atoms with Crippen molar-refractivity contribution in [1.82, 2.24) is 5.32 Å². The van der Waals surface area contributed by atoms with Crippen LogP contribution in [0.2, 0.25) is 0 Å². The molecule has 0 bridgehead atoms. The van der Waals surface area contributed by atoms with Crippen LogP contribution in [-0.2, 0) is 16.0 Å². The van der Waals surface area contributed by atoms with Gasteiger partial charge in [0.05, 0.1) is 17.0 Å². The summed E-state index contributed by atoms with van der Waals surface area (Å²) in [5.74, 6) is 1.09. The van der Waals surface area contributed by atoms with Gasteiger partial charge in [-0.2, -0.15) is 0 Å². The molecule has 0 spiro atoms. The maximum atomic E-state index is 12.7. The van der Waals surface area contributed by atoms with E-state index in [-0.39, 0.29) is 29.3 Å². The van der Waals surface area contributed by atoms with Gasteiger partial charge in [0.2, 0.25) is 5.91 Å². The standard InChI is InChI=1S/C27H29NO4S/c1-16(29)24-8-9-25(33-24)18-4-6-21-17(12-18)5-7-23-22(21)13-20(32-23)15-28-26(30)19-10-11-31-27(2,3)14-19/h4-9,12,19-20H,10-11,13-15H2,1-3H3,(H,28,30). The van der Waals surface area contributed by atoms with E-state index < -0.39 is 0 Å². The molecule has 2 atom stereocenters. The number of ether oxygens (including phenoxy) is 2. The van der Waals surface area contributed by atoms with Gasteiger partial charge in [0.15, 0.2) is 5.78 Å². The van der Waals surface area contributed by atoms with Gasteiger partial charge in [-0.15, -0.1) is 11.3 Å². The second-order valence-corrected chi connectivity index (χ2v) is 10.8. The predicted molar refractivity (Wildman–Crippen MR) is 131 cm³/mol. The van der Waals surface area contributed by atoms with Gasteiger partial charge in [0, 0.05) is 29.4 Å². The van der Waals surface area contributed by atoms with E-state index in [1.165, 1.54) is 22.3 Å². The molecule has 3 heterocycles. The zero-order valence-corrected chi connectivity index (χ0v) is 20.1. The minimum absolute atomic E-state index is 0.00227. The number of Topliss-reactive ketones (excluding diaryl/α,β-unsaturated/α-hetero) is 1. The fraction of sp³-hybridized carbons (Fsp3) is 0.407. The third kappa shape index (κ3) is 4.55. The van der Waals surface area contributed by atoms with Crippen molar-refractivity contribution in [1.29, 1.82) is 0 Å². The van der Waals surface area contributed by atoms with Crippen molar-refractivity contribution in [2.75, 3.05) is 13.2 Å². The molecule has 172 valence electrons. The molecular weight excluding hydrogens is 434 g/mol. The van der Waals surface area contributed by atoms with Gasteiger partial charge in [-0.1, -0.05) is 18.2 Å². The molecule has 6 heteroatoms. The second kappa shape index (κ2) is 8.58. The zero-order chi connectivity index (χ0) is 23.2. The van der Waals surface area contributed by atoms with Gasteiger partial charge in [-0.25, -0.2) is 0 Å². The fourth-order valence-corrected chi connectivity index (χ4v) is 5.81. The third-order valence-corrected chi connectivity index (χ3v) is 7.86. The zero-order valence-electron chi connectivity index (χ0n) is 19.3. The van der Waals surface area contributed by atoms with E-state index in [1.54, 1.807) is 6.92 Å². The number of ketones is 1. The van der Waals surface area contributed by atoms with E-state index in [2.05, 4.69) is 29.6 Å². The molecule has 0 saturated carbocycles. The summed E-state index contributed by atoms with van der Waals surface area (Å²) in [5, 5.41) is 5.45. The summed E-state index contributed by atoms with van der Waals surface area (Å²) >= 11 is 1.53. The number of nitrogens with one attached hydrogen (secondary N) is 1. The summed E-state index contributed by atoms with van der Waals surface area (Å²) in [6.45, 7) is 6.82. The molecule has 2 unspecified atom stereocenters. The third-order valence-electron chi connectivity index (χ3n) is 6.62. The summed E-state index contributed by atoms with van der Waals surface area (Å²) in [7, 11) is 0. The van der Waals surface area contributed by atoms with Gasteiger partial charge in [0.1, 0.15) is 11.9 Å². The molecule has 0 aliphatic carbocycles. The van der Waals surface area contributed by atoms with Crippen LogP contribution in [0.1, 0.15) is 48.8 Å². The molecule has 2 aliphatic rings. The van der Waals surface area contributed by atoms with Crippen LogP contribution in [0.25, 0.3) is 21.2 Å². The fourth-order valence-electron chi connectivity index (χ4n) is 4.91. The van der Waals surface area contributed by atoms with E-state index >= 15 is 0 Å². The Morgan fingerprint density at radius 3 is 2.76 bits per heavy atom. The lowest BCUT2D eigenvalue weighted by Crippen LogP contribution is -2.43. The molecule has 1 amide bonds. The molecule has 2 aliphatic heterocycles. The molecule has 0 radical (unpaired) electrons. The number of hydrogen-bond donors (Lipinski definition) is 1. The van der Waals surface area contributed by atoms with Gasteiger partial charge in [-0.3, -0.25) is 9.59 Å². The van der Waals surface area contributed by atoms with Crippen LogP contribution in [-0.4, -0.2) is 36.5 Å². The highest BCUT2D eigenvalue weighted by Gasteiger charge is 2.33. The smallest absolute Gasteiger partial charge is 0.223 e. The average Bonchev–Trinajstić information content (AvgIpc) is 3.44. The van der Waals surface area contributed by atoms with Gasteiger partial charge >= 0.3 is 0 Å². The maximum absolute atomic E-state index is 12.7. The highest BCUT2D eigenvalue weighted by molar-refractivity contribution is 7.17. The van der Waals surface area contributed by atoms with Crippen molar-refractivity contribution in [3.8, 4) is 16.2 Å².